The predicted molar refractivity (Wildman–Crippen MR) is 60.0 cm³/mol. The molecule has 0 spiro atoms. The summed E-state index contributed by atoms with van der Waals surface area (Å²) in [7, 11) is 1.81. The van der Waals surface area contributed by atoms with Crippen molar-refractivity contribution < 1.29 is 14.3 Å². The maximum Gasteiger partial charge on any atom is 0.304 e. The largest absolute Gasteiger partial charge is 0.481 e. The molecule has 0 amide bonds. The van der Waals surface area contributed by atoms with Crippen LogP contribution in [0.3, 0.4) is 0 Å². The lowest BCUT2D eigenvalue weighted by molar-refractivity contribution is -0.137. The average molecular weight is 246 g/mol. The Bertz CT molecular complexity index is 384. The number of carboxylic acids is 1. The van der Waals surface area contributed by atoms with Gasteiger partial charge in [0.2, 0.25) is 0 Å². The minimum Gasteiger partial charge on any atom is -0.481 e. The molecule has 0 heterocycles. The van der Waals surface area contributed by atoms with Crippen molar-refractivity contribution in [3.05, 3.63) is 34.6 Å². The molecule has 0 bridgehead atoms. The van der Waals surface area contributed by atoms with Crippen molar-refractivity contribution in [1.29, 1.82) is 0 Å². The first kappa shape index (κ1) is 12.9. The van der Waals surface area contributed by atoms with Gasteiger partial charge in [0.1, 0.15) is 5.82 Å². The summed E-state index contributed by atoms with van der Waals surface area (Å²) in [6.07, 6.45) is 0.0887. The van der Waals surface area contributed by atoms with Crippen LogP contribution in [0.2, 0.25) is 5.02 Å². The first-order valence-electron chi connectivity index (χ1n) is 4.83. The molecule has 88 valence electrons. The number of carbonyl (C=O) groups is 1. The van der Waals surface area contributed by atoms with E-state index >= 15 is 0 Å². The zero-order valence-electron chi connectivity index (χ0n) is 8.91. The third-order valence-corrected chi connectivity index (χ3v) is 2.43. The van der Waals surface area contributed by atoms with Gasteiger partial charge in [0.05, 0.1) is 11.4 Å². The molecule has 0 radical (unpaired) electrons. The molecule has 5 heteroatoms. The van der Waals surface area contributed by atoms with Crippen LogP contribution in [0.15, 0.2) is 18.2 Å². The number of rotatable bonds is 5. The van der Waals surface area contributed by atoms with Crippen LogP contribution in [-0.2, 0) is 11.3 Å². The van der Waals surface area contributed by atoms with Gasteiger partial charge < -0.3 is 10.0 Å². The lowest BCUT2D eigenvalue weighted by atomic mass is 10.2. The Morgan fingerprint density at radius 1 is 1.56 bits per heavy atom. The second-order valence-corrected chi connectivity index (χ2v) is 4.04. The minimum atomic E-state index is -0.830. The van der Waals surface area contributed by atoms with Gasteiger partial charge in [-0.1, -0.05) is 17.7 Å². The first-order chi connectivity index (χ1) is 7.49. The predicted octanol–water partition coefficient (Wildman–Crippen LogP) is 2.39. The molecule has 1 aromatic carbocycles. The lowest BCUT2D eigenvalue weighted by Gasteiger charge is -2.15. The molecule has 1 aromatic rings. The van der Waals surface area contributed by atoms with Gasteiger partial charge in [-0.05, 0) is 24.7 Å². The van der Waals surface area contributed by atoms with Crippen LogP contribution in [0.5, 0.6) is 0 Å². The van der Waals surface area contributed by atoms with E-state index < -0.39 is 11.8 Å². The highest BCUT2D eigenvalue weighted by molar-refractivity contribution is 6.30. The van der Waals surface area contributed by atoms with E-state index in [4.69, 9.17) is 16.7 Å². The maximum absolute atomic E-state index is 12.9. The Hall–Kier alpha value is -1.13. The molecule has 0 aliphatic carbocycles. The summed E-state index contributed by atoms with van der Waals surface area (Å²) < 4.78 is 12.9. The summed E-state index contributed by atoms with van der Waals surface area (Å²) in [6, 6.07) is 4.50. The molecule has 1 N–H and O–H groups in total. The fourth-order valence-corrected chi connectivity index (χ4v) is 1.52. The van der Waals surface area contributed by atoms with E-state index in [0.717, 1.165) is 5.56 Å². The van der Waals surface area contributed by atoms with Crippen LogP contribution < -0.4 is 0 Å². The van der Waals surface area contributed by atoms with E-state index in [2.05, 4.69) is 0 Å². The SMILES string of the molecule is CN(CCC(=O)O)Cc1ccc(F)c(Cl)c1. The van der Waals surface area contributed by atoms with Crippen molar-refractivity contribution in [2.24, 2.45) is 0 Å². The fourth-order valence-electron chi connectivity index (χ4n) is 1.32. The quantitative estimate of drug-likeness (QED) is 0.866. The van der Waals surface area contributed by atoms with Gasteiger partial charge in [-0.3, -0.25) is 4.79 Å². The van der Waals surface area contributed by atoms with Gasteiger partial charge in [0, 0.05) is 13.1 Å². The highest BCUT2D eigenvalue weighted by atomic mass is 35.5. The van der Waals surface area contributed by atoms with Gasteiger partial charge in [0.25, 0.3) is 0 Å². The van der Waals surface area contributed by atoms with Gasteiger partial charge in [0.15, 0.2) is 0 Å². The van der Waals surface area contributed by atoms with Crippen molar-refractivity contribution in [1.82, 2.24) is 4.90 Å². The number of halogens is 2. The molecule has 0 aliphatic heterocycles. The van der Waals surface area contributed by atoms with Crippen molar-refractivity contribution in [3.63, 3.8) is 0 Å². The number of carboxylic acid groups (broad SMARTS) is 1. The van der Waals surface area contributed by atoms with E-state index in [1.54, 1.807) is 19.2 Å². The van der Waals surface area contributed by atoms with Crippen LogP contribution in [-0.4, -0.2) is 29.6 Å². The molecule has 1 rings (SSSR count). The lowest BCUT2D eigenvalue weighted by Crippen LogP contribution is -2.21. The van der Waals surface area contributed by atoms with Crippen molar-refractivity contribution in [2.75, 3.05) is 13.6 Å². The Morgan fingerprint density at radius 3 is 2.81 bits per heavy atom. The minimum absolute atomic E-state index is 0.0872. The summed E-state index contributed by atoms with van der Waals surface area (Å²) in [5.74, 6) is -1.28. The number of benzene rings is 1. The standard InChI is InChI=1S/C11H13ClFNO2/c1-14(5-4-11(15)16)7-8-2-3-10(13)9(12)6-8/h2-3,6H,4-5,7H2,1H3,(H,15,16). The highest BCUT2D eigenvalue weighted by Gasteiger charge is 2.05. The van der Waals surface area contributed by atoms with E-state index in [9.17, 15) is 9.18 Å². The monoisotopic (exact) mass is 245 g/mol. The molecule has 0 fully saturated rings. The zero-order chi connectivity index (χ0) is 12.1. The van der Waals surface area contributed by atoms with Crippen molar-refractivity contribution in [3.8, 4) is 0 Å². The summed E-state index contributed by atoms with van der Waals surface area (Å²) >= 11 is 5.64. The molecule has 0 aromatic heterocycles. The molecule has 0 saturated carbocycles. The Labute approximate surface area is 98.4 Å². The van der Waals surface area contributed by atoms with Gasteiger partial charge in [-0.2, -0.15) is 0 Å². The number of aliphatic carboxylic acids is 1. The number of hydrogen-bond acceptors (Lipinski definition) is 2. The maximum atomic E-state index is 12.9. The Kier molecular flexibility index (Phi) is 4.71. The first-order valence-corrected chi connectivity index (χ1v) is 5.21. The summed E-state index contributed by atoms with van der Waals surface area (Å²) in [5, 5.41) is 8.60. The Balaban J connectivity index is 2.52. The number of hydrogen-bond donors (Lipinski definition) is 1. The van der Waals surface area contributed by atoms with Crippen LogP contribution in [0.1, 0.15) is 12.0 Å². The second-order valence-electron chi connectivity index (χ2n) is 3.63. The van der Waals surface area contributed by atoms with Crippen LogP contribution in [0.4, 0.5) is 4.39 Å². The smallest absolute Gasteiger partial charge is 0.304 e. The van der Waals surface area contributed by atoms with Crippen LogP contribution in [0.25, 0.3) is 0 Å². The van der Waals surface area contributed by atoms with Gasteiger partial charge in [-0.15, -0.1) is 0 Å². The van der Waals surface area contributed by atoms with Crippen LogP contribution in [0, 0.1) is 5.82 Å². The molecule has 0 atom stereocenters. The van der Waals surface area contributed by atoms with Gasteiger partial charge >= 0.3 is 5.97 Å². The molecule has 0 unspecified atom stereocenters. The third kappa shape index (κ3) is 4.16. The summed E-state index contributed by atoms with van der Waals surface area (Å²) in [6.45, 7) is 0.998. The van der Waals surface area contributed by atoms with Crippen molar-refractivity contribution >= 4 is 17.6 Å². The zero-order valence-corrected chi connectivity index (χ0v) is 9.67. The van der Waals surface area contributed by atoms with Crippen LogP contribution >= 0.6 is 11.6 Å². The second kappa shape index (κ2) is 5.82. The van der Waals surface area contributed by atoms with E-state index in [-0.39, 0.29) is 11.4 Å². The fraction of sp³-hybridized carbons (Fsp3) is 0.364. The molecule has 0 saturated heterocycles. The molecule has 16 heavy (non-hydrogen) atoms. The normalized spacial score (nSPS) is 10.8. The third-order valence-electron chi connectivity index (χ3n) is 2.14. The summed E-state index contributed by atoms with van der Waals surface area (Å²) in [4.78, 5) is 12.2. The topological polar surface area (TPSA) is 40.5 Å². The molecule has 0 aliphatic rings. The molecular formula is C11H13ClFNO2. The van der Waals surface area contributed by atoms with E-state index in [0.29, 0.717) is 13.1 Å². The highest BCUT2D eigenvalue weighted by Crippen LogP contribution is 2.16. The summed E-state index contributed by atoms with van der Waals surface area (Å²) in [5.41, 5.74) is 0.860. The molecular weight excluding hydrogens is 233 g/mol. The van der Waals surface area contributed by atoms with E-state index in [1.807, 2.05) is 4.90 Å². The average Bonchev–Trinajstić information content (AvgIpc) is 2.21. The van der Waals surface area contributed by atoms with E-state index in [1.165, 1.54) is 6.07 Å². The van der Waals surface area contributed by atoms with Crippen molar-refractivity contribution in [2.45, 2.75) is 13.0 Å². The number of nitrogens with zero attached hydrogens (tertiary/aromatic N) is 1. The Morgan fingerprint density at radius 2 is 2.25 bits per heavy atom. The molecule has 3 nitrogen and oxygen atoms in total. The van der Waals surface area contributed by atoms with Gasteiger partial charge in [-0.25, -0.2) is 4.39 Å².